The van der Waals surface area contributed by atoms with E-state index in [1.165, 1.54) is 0 Å². The first kappa shape index (κ1) is 11.5. The van der Waals surface area contributed by atoms with Crippen LogP contribution in [0.4, 0.5) is 5.69 Å². The van der Waals surface area contributed by atoms with Crippen LogP contribution in [0.3, 0.4) is 0 Å². The average molecular weight is 301 g/mol. The van der Waals surface area contributed by atoms with Crippen LogP contribution in [0.25, 0.3) is 0 Å². The lowest BCUT2D eigenvalue weighted by Crippen LogP contribution is -2.11. The minimum atomic E-state index is 0.712. The molecule has 1 N–H and O–H groups in total. The standard InChI is InChI=1S/C11H11BrClN3/c12-11-9(13)3-1-4-10(11)14-6-8-16-7-2-5-15-16/h1-5,7,14H,6,8H2. The molecule has 0 bridgehead atoms. The number of halogens is 2. The van der Waals surface area contributed by atoms with E-state index in [0.29, 0.717) is 5.02 Å². The van der Waals surface area contributed by atoms with Crippen molar-refractivity contribution in [1.29, 1.82) is 0 Å². The number of hydrogen-bond donors (Lipinski definition) is 1. The SMILES string of the molecule is Clc1cccc(NCCn2cccn2)c1Br. The highest BCUT2D eigenvalue weighted by molar-refractivity contribution is 9.10. The molecule has 2 rings (SSSR count). The van der Waals surface area contributed by atoms with Crippen LogP contribution in [0.5, 0.6) is 0 Å². The molecule has 0 radical (unpaired) electrons. The summed E-state index contributed by atoms with van der Waals surface area (Å²) in [6.07, 6.45) is 3.71. The van der Waals surface area contributed by atoms with E-state index >= 15 is 0 Å². The van der Waals surface area contributed by atoms with Crippen molar-refractivity contribution < 1.29 is 0 Å². The maximum Gasteiger partial charge on any atom is 0.0593 e. The van der Waals surface area contributed by atoms with Crippen molar-refractivity contribution in [3.05, 3.63) is 46.2 Å². The minimum Gasteiger partial charge on any atom is -0.382 e. The first-order valence-electron chi connectivity index (χ1n) is 4.92. The zero-order valence-electron chi connectivity index (χ0n) is 8.53. The van der Waals surface area contributed by atoms with Gasteiger partial charge in [-0.1, -0.05) is 17.7 Å². The van der Waals surface area contributed by atoms with Crippen LogP contribution >= 0.6 is 27.5 Å². The van der Waals surface area contributed by atoms with Crippen molar-refractivity contribution in [3.8, 4) is 0 Å². The van der Waals surface area contributed by atoms with Crippen LogP contribution in [0.2, 0.25) is 5.02 Å². The van der Waals surface area contributed by atoms with E-state index in [4.69, 9.17) is 11.6 Å². The Morgan fingerprint density at radius 2 is 2.25 bits per heavy atom. The first-order chi connectivity index (χ1) is 7.77. The molecule has 3 nitrogen and oxygen atoms in total. The van der Waals surface area contributed by atoms with Gasteiger partial charge in [0.15, 0.2) is 0 Å². The van der Waals surface area contributed by atoms with Gasteiger partial charge in [0, 0.05) is 18.9 Å². The summed E-state index contributed by atoms with van der Waals surface area (Å²) >= 11 is 9.43. The lowest BCUT2D eigenvalue weighted by molar-refractivity contribution is 0.638. The average Bonchev–Trinajstić information content (AvgIpc) is 2.77. The van der Waals surface area contributed by atoms with E-state index in [2.05, 4.69) is 26.3 Å². The second-order valence-electron chi connectivity index (χ2n) is 3.30. The van der Waals surface area contributed by atoms with Gasteiger partial charge >= 0.3 is 0 Å². The number of rotatable bonds is 4. The molecule has 0 spiro atoms. The first-order valence-corrected chi connectivity index (χ1v) is 6.10. The molecule has 0 atom stereocenters. The summed E-state index contributed by atoms with van der Waals surface area (Å²) in [7, 11) is 0. The summed E-state index contributed by atoms with van der Waals surface area (Å²) in [6, 6.07) is 7.67. The smallest absolute Gasteiger partial charge is 0.0593 e. The molecule has 0 unspecified atom stereocenters. The number of benzene rings is 1. The maximum atomic E-state index is 5.99. The summed E-state index contributed by atoms with van der Waals surface area (Å²) in [5.74, 6) is 0. The molecule has 0 aliphatic heterocycles. The van der Waals surface area contributed by atoms with Gasteiger partial charge in [0.1, 0.15) is 0 Å². The fourth-order valence-electron chi connectivity index (χ4n) is 1.38. The van der Waals surface area contributed by atoms with E-state index in [1.807, 2.05) is 35.1 Å². The molecule has 2 aromatic rings. The molecule has 0 amide bonds. The summed E-state index contributed by atoms with van der Waals surface area (Å²) in [5, 5.41) is 8.14. The molecule has 0 aliphatic rings. The number of aromatic nitrogens is 2. The number of nitrogens with one attached hydrogen (secondary N) is 1. The maximum absolute atomic E-state index is 5.99. The van der Waals surface area contributed by atoms with Crippen LogP contribution in [0.1, 0.15) is 0 Å². The Balaban J connectivity index is 1.92. The molecular weight excluding hydrogens is 289 g/mol. The lowest BCUT2D eigenvalue weighted by Gasteiger charge is -2.09. The van der Waals surface area contributed by atoms with Crippen molar-refractivity contribution in [3.63, 3.8) is 0 Å². The Hall–Kier alpha value is -1.00. The second-order valence-corrected chi connectivity index (χ2v) is 4.50. The Bertz CT molecular complexity index is 456. The van der Waals surface area contributed by atoms with Crippen LogP contribution < -0.4 is 5.32 Å². The van der Waals surface area contributed by atoms with Gasteiger partial charge < -0.3 is 5.32 Å². The predicted molar refractivity (Wildman–Crippen MR) is 69.9 cm³/mol. The van der Waals surface area contributed by atoms with Gasteiger partial charge in [0.05, 0.1) is 21.7 Å². The summed E-state index contributed by atoms with van der Waals surface area (Å²) in [4.78, 5) is 0. The number of anilines is 1. The van der Waals surface area contributed by atoms with Gasteiger partial charge in [-0.15, -0.1) is 0 Å². The topological polar surface area (TPSA) is 29.9 Å². The molecular formula is C11H11BrClN3. The molecule has 0 saturated heterocycles. The van der Waals surface area contributed by atoms with Gasteiger partial charge in [-0.2, -0.15) is 5.10 Å². The van der Waals surface area contributed by atoms with Gasteiger partial charge in [0.2, 0.25) is 0 Å². The quantitative estimate of drug-likeness (QED) is 0.938. The third-order valence-electron chi connectivity index (χ3n) is 2.17. The summed E-state index contributed by atoms with van der Waals surface area (Å²) < 4.78 is 2.78. The van der Waals surface area contributed by atoms with Crippen molar-refractivity contribution in [1.82, 2.24) is 9.78 Å². The molecule has 0 fully saturated rings. The van der Waals surface area contributed by atoms with E-state index in [0.717, 1.165) is 23.2 Å². The van der Waals surface area contributed by atoms with Crippen molar-refractivity contribution in [2.75, 3.05) is 11.9 Å². The third kappa shape index (κ3) is 2.77. The molecule has 1 aromatic heterocycles. The highest BCUT2D eigenvalue weighted by Crippen LogP contribution is 2.29. The largest absolute Gasteiger partial charge is 0.382 e. The van der Waals surface area contributed by atoms with Crippen LogP contribution in [-0.4, -0.2) is 16.3 Å². The molecule has 84 valence electrons. The molecule has 16 heavy (non-hydrogen) atoms. The van der Waals surface area contributed by atoms with Gasteiger partial charge in [0.25, 0.3) is 0 Å². The van der Waals surface area contributed by atoms with Gasteiger partial charge in [-0.05, 0) is 34.1 Å². The zero-order chi connectivity index (χ0) is 11.4. The number of hydrogen-bond acceptors (Lipinski definition) is 2. The molecule has 1 heterocycles. The molecule has 0 saturated carbocycles. The Morgan fingerprint density at radius 3 is 3.00 bits per heavy atom. The minimum absolute atomic E-state index is 0.712. The monoisotopic (exact) mass is 299 g/mol. The van der Waals surface area contributed by atoms with Crippen molar-refractivity contribution >= 4 is 33.2 Å². The summed E-state index contributed by atoms with van der Waals surface area (Å²) in [5.41, 5.74) is 1.000. The third-order valence-corrected chi connectivity index (χ3v) is 3.56. The van der Waals surface area contributed by atoms with E-state index in [-0.39, 0.29) is 0 Å². The highest BCUT2D eigenvalue weighted by atomic mass is 79.9. The van der Waals surface area contributed by atoms with E-state index < -0.39 is 0 Å². The van der Waals surface area contributed by atoms with Gasteiger partial charge in [-0.3, -0.25) is 4.68 Å². The number of nitrogens with zero attached hydrogens (tertiary/aromatic N) is 2. The lowest BCUT2D eigenvalue weighted by atomic mass is 10.3. The molecule has 1 aromatic carbocycles. The highest BCUT2D eigenvalue weighted by Gasteiger charge is 2.02. The van der Waals surface area contributed by atoms with E-state index in [9.17, 15) is 0 Å². The van der Waals surface area contributed by atoms with Gasteiger partial charge in [-0.25, -0.2) is 0 Å². The Kier molecular flexibility index (Phi) is 3.85. The summed E-state index contributed by atoms with van der Waals surface area (Å²) in [6.45, 7) is 1.63. The van der Waals surface area contributed by atoms with Crippen molar-refractivity contribution in [2.24, 2.45) is 0 Å². The van der Waals surface area contributed by atoms with Crippen molar-refractivity contribution in [2.45, 2.75) is 6.54 Å². The fourth-order valence-corrected chi connectivity index (χ4v) is 1.96. The predicted octanol–water partition coefficient (Wildman–Crippen LogP) is 3.41. The molecule has 0 aliphatic carbocycles. The van der Waals surface area contributed by atoms with Crippen LogP contribution in [-0.2, 0) is 6.54 Å². The zero-order valence-corrected chi connectivity index (χ0v) is 10.9. The van der Waals surface area contributed by atoms with Crippen LogP contribution in [0.15, 0.2) is 41.1 Å². The van der Waals surface area contributed by atoms with Crippen LogP contribution in [0, 0.1) is 0 Å². The fraction of sp³-hybridized carbons (Fsp3) is 0.182. The Morgan fingerprint density at radius 1 is 1.38 bits per heavy atom. The van der Waals surface area contributed by atoms with E-state index in [1.54, 1.807) is 6.20 Å². The normalized spacial score (nSPS) is 10.4. The Labute approximate surface area is 108 Å². The second kappa shape index (κ2) is 5.37. The molecule has 5 heteroatoms.